The second-order valence-electron chi connectivity index (χ2n) is 9.23. The van der Waals surface area contributed by atoms with Crippen LogP contribution >= 0.6 is 0 Å². The summed E-state index contributed by atoms with van der Waals surface area (Å²) in [6, 6.07) is 26.1. The molecule has 0 aliphatic carbocycles. The normalized spacial score (nSPS) is 11.4. The number of carbonyl (C=O) groups is 2. The number of amides is 1. The number of ether oxygens (including phenoxy) is 3. The first-order valence-electron chi connectivity index (χ1n) is 12.9. The average molecular weight is 630 g/mol. The monoisotopic (exact) mass is 629 g/mol. The number of hydrogen-bond acceptors (Lipinski definition) is 8. The van der Waals surface area contributed by atoms with Crippen LogP contribution in [-0.4, -0.2) is 44.9 Å². The SMILES string of the molecule is COC(=O)c1cc(C(=O)N(Cc2ccccc2)Cc2ccc(Oc3ccccc3)cc2)c(OS(=O)(=O)C(F)(F)F)cc1OC. The van der Waals surface area contributed by atoms with Gasteiger partial charge >= 0.3 is 21.6 Å². The molecule has 0 bridgehead atoms. The molecule has 0 atom stereocenters. The van der Waals surface area contributed by atoms with E-state index in [4.69, 9.17) is 14.2 Å². The Bertz CT molecular complexity index is 1710. The number of benzene rings is 4. The third-order valence-electron chi connectivity index (χ3n) is 6.20. The van der Waals surface area contributed by atoms with Gasteiger partial charge in [0.25, 0.3) is 5.91 Å². The van der Waals surface area contributed by atoms with E-state index in [0.717, 1.165) is 26.4 Å². The van der Waals surface area contributed by atoms with Gasteiger partial charge in [0.15, 0.2) is 5.75 Å². The van der Waals surface area contributed by atoms with Gasteiger partial charge in [-0.2, -0.15) is 21.6 Å². The van der Waals surface area contributed by atoms with Crippen molar-refractivity contribution in [3.63, 3.8) is 0 Å². The summed E-state index contributed by atoms with van der Waals surface area (Å²) in [4.78, 5) is 27.8. The summed E-state index contributed by atoms with van der Waals surface area (Å²) in [5.41, 5.74) is -5.50. The van der Waals surface area contributed by atoms with E-state index in [1.165, 1.54) is 4.90 Å². The molecule has 4 aromatic carbocycles. The highest BCUT2D eigenvalue weighted by molar-refractivity contribution is 7.88. The molecule has 0 aliphatic heterocycles. The molecule has 9 nitrogen and oxygen atoms in total. The third-order valence-corrected chi connectivity index (χ3v) is 7.17. The van der Waals surface area contributed by atoms with E-state index >= 15 is 0 Å². The first-order valence-corrected chi connectivity index (χ1v) is 14.3. The Balaban J connectivity index is 1.75. The zero-order valence-corrected chi connectivity index (χ0v) is 24.2. The zero-order valence-electron chi connectivity index (χ0n) is 23.4. The third kappa shape index (κ3) is 7.67. The van der Waals surface area contributed by atoms with Crippen LogP contribution in [0.1, 0.15) is 31.8 Å². The van der Waals surface area contributed by atoms with Gasteiger partial charge in [0.2, 0.25) is 0 Å². The minimum absolute atomic E-state index is 0.0347. The van der Waals surface area contributed by atoms with Crippen LogP contribution in [0.3, 0.4) is 0 Å². The van der Waals surface area contributed by atoms with Crippen LogP contribution in [0.15, 0.2) is 97.1 Å². The summed E-state index contributed by atoms with van der Waals surface area (Å²) in [6.07, 6.45) is 0. The van der Waals surface area contributed by atoms with E-state index in [2.05, 4.69) is 4.18 Å². The lowest BCUT2D eigenvalue weighted by molar-refractivity contribution is -0.0500. The summed E-state index contributed by atoms with van der Waals surface area (Å²) < 4.78 is 83.8. The molecule has 0 N–H and O–H groups in total. The average Bonchev–Trinajstić information content (AvgIpc) is 3.01. The number of methoxy groups -OCH3 is 2. The fourth-order valence-corrected chi connectivity index (χ4v) is 4.55. The first kappa shape index (κ1) is 31.9. The maximum atomic E-state index is 14.0. The molecule has 0 aromatic heterocycles. The Morgan fingerprint density at radius 1 is 0.727 bits per heavy atom. The molecule has 0 spiro atoms. The van der Waals surface area contributed by atoms with Gasteiger partial charge in [0.1, 0.15) is 22.8 Å². The fraction of sp³-hybridized carbons (Fsp3) is 0.161. The van der Waals surface area contributed by atoms with Crippen molar-refractivity contribution in [1.29, 1.82) is 0 Å². The summed E-state index contributed by atoms with van der Waals surface area (Å²) in [7, 11) is -4.06. The number of para-hydroxylation sites is 1. The molecule has 1 amide bonds. The van der Waals surface area contributed by atoms with Gasteiger partial charge in [-0.05, 0) is 41.5 Å². The van der Waals surface area contributed by atoms with Crippen LogP contribution < -0.4 is 13.7 Å². The molecule has 0 saturated carbocycles. The van der Waals surface area contributed by atoms with Gasteiger partial charge in [-0.3, -0.25) is 4.79 Å². The number of hydrogen-bond donors (Lipinski definition) is 0. The van der Waals surface area contributed by atoms with E-state index in [1.54, 1.807) is 66.7 Å². The van der Waals surface area contributed by atoms with Crippen LogP contribution in [0.2, 0.25) is 0 Å². The summed E-state index contributed by atoms with van der Waals surface area (Å²) >= 11 is 0. The minimum Gasteiger partial charge on any atom is -0.496 e. The van der Waals surface area contributed by atoms with E-state index < -0.39 is 38.8 Å². The largest absolute Gasteiger partial charge is 0.534 e. The summed E-state index contributed by atoms with van der Waals surface area (Å²) in [5, 5.41) is 0. The number of esters is 1. The van der Waals surface area contributed by atoms with E-state index in [1.807, 2.05) is 18.2 Å². The second-order valence-corrected chi connectivity index (χ2v) is 10.8. The van der Waals surface area contributed by atoms with Crippen molar-refractivity contribution >= 4 is 22.0 Å². The number of nitrogens with zero attached hydrogens (tertiary/aromatic N) is 1. The van der Waals surface area contributed by atoms with Crippen molar-refractivity contribution in [2.45, 2.75) is 18.6 Å². The van der Waals surface area contributed by atoms with Crippen LogP contribution in [0.25, 0.3) is 0 Å². The number of alkyl halides is 3. The highest BCUT2D eigenvalue weighted by Crippen LogP contribution is 2.35. The number of carbonyl (C=O) groups excluding carboxylic acids is 2. The van der Waals surface area contributed by atoms with Gasteiger partial charge in [0, 0.05) is 19.2 Å². The van der Waals surface area contributed by atoms with E-state index in [0.29, 0.717) is 22.6 Å². The summed E-state index contributed by atoms with van der Waals surface area (Å²) in [5.74, 6) is -2.13. The van der Waals surface area contributed by atoms with E-state index in [-0.39, 0.29) is 24.4 Å². The van der Waals surface area contributed by atoms with Gasteiger partial charge < -0.3 is 23.3 Å². The molecule has 4 aromatic rings. The summed E-state index contributed by atoms with van der Waals surface area (Å²) in [6.45, 7) is -0.0998. The van der Waals surface area contributed by atoms with Gasteiger partial charge in [0.05, 0.1) is 19.8 Å². The quantitative estimate of drug-likeness (QED) is 0.107. The Hall–Kier alpha value is -5.04. The first-order chi connectivity index (χ1) is 20.9. The molecular formula is C31H26F3NO8S. The van der Waals surface area contributed by atoms with Crippen LogP contribution in [-0.2, 0) is 27.9 Å². The van der Waals surface area contributed by atoms with Crippen molar-refractivity contribution in [2.75, 3.05) is 14.2 Å². The van der Waals surface area contributed by atoms with Crippen molar-refractivity contribution in [2.24, 2.45) is 0 Å². The van der Waals surface area contributed by atoms with Crippen LogP contribution in [0.5, 0.6) is 23.0 Å². The minimum atomic E-state index is -6.20. The van der Waals surface area contributed by atoms with Crippen LogP contribution in [0, 0.1) is 0 Å². The Labute approximate surface area is 251 Å². The zero-order chi connectivity index (χ0) is 31.9. The van der Waals surface area contributed by atoms with Gasteiger partial charge in [-0.25, -0.2) is 4.79 Å². The van der Waals surface area contributed by atoms with Crippen LogP contribution in [0.4, 0.5) is 13.2 Å². The molecule has 0 unspecified atom stereocenters. The lowest BCUT2D eigenvalue weighted by Crippen LogP contribution is -2.32. The van der Waals surface area contributed by atoms with Crippen molar-refractivity contribution in [3.05, 3.63) is 119 Å². The van der Waals surface area contributed by atoms with Gasteiger partial charge in [-0.15, -0.1) is 0 Å². The second kappa shape index (κ2) is 13.5. The molecule has 4 rings (SSSR count). The van der Waals surface area contributed by atoms with Crippen molar-refractivity contribution < 1.29 is 49.6 Å². The molecule has 0 heterocycles. The lowest BCUT2D eigenvalue weighted by Gasteiger charge is -2.25. The predicted octanol–water partition coefficient (Wildman–Crippen LogP) is 6.35. The number of rotatable bonds is 11. The molecule has 0 radical (unpaired) electrons. The topological polar surface area (TPSA) is 108 Å². The highest BCUT2D eigenvalue weighted by atomic mass is 32.2. The molecule has 13 heteroatoms. The molecular weight excluding hydrogens is 603 g/mol. The standard InChI is InChI=1S/C31H26F3NO8S/c1-40-27-18-28(43-44(38,39)31(32,33)34)25(17-26(27)30(37)41-2)29(36)35(19-21-9-5-3-6-10-21)20-22-13-15-24(16-14-22)42-23-11-7-4-8-12-23/h3-18H,19-20H2,1-2H3. The Morgan fingerprint density at radius 2 is 1.27 bits per heavy atom. The molecule has 44 heavy (non-hydrogen) atoms. The number of halogens is 3. The Morgan fingerprint density at radius 3 is 1.82 bits per heavy atom. The highest BCUT2D eigenvalue weighted by Gasteiger charge is 2.49. The molecule has 0 saturated heterocycles. The van der Waals surface area contributed by atoms with E-state index in [9.17, 15) is 31.2 Å². The Kier molecular flexibility index (Phi) is 9.79. The smallest absolute Gasteiger partial charge is 0.496 e. The molecule has 230 valence electrons. The van der Waals surface area contributed by atoms with Gasteiger partial charge in [-0.1, -0.05) is 60.7 Å². The van der Waals surface area contributed by atoms with Crippen molar-refractivity contribution in [3.8, 4) is 23.0 Å². The predicted molar refractivity (Wildman–Crippen MR) is 153 cm³/mol. The van der Waals surface area contributed by atoms with Crippen molar-refractivity contribution in [1.82, 2.24) is 4.90 Å². The maximum absolute atomic E-state index is 14.0. The fourth-order valence-electron chi connectivity index (χ4n) is 4.08. The lowest BCUT2D eigenvalue weighted by atomic mass is 10.1. The molecule has 0 fully saturated rings. The molecule has 0 aliphatic rings. The maximum Gasteiger partial charge on any atom is 0.534 e.